The molecule has 0 fully saturated rings. The van der Waals surface area contributed by atoms with Crippen molar-refractivity contribution in [1.82, 2.24) is 0 Å². The summed E-state index contributed by atoms with van der Waals surface area (Å²) in [5.41, 5.74) is 5.25. The number of allylic oxidation sites excluding steroid dienone is 1. The van der Waals surface area contributed by atoms with Gasteiger partial charge in [0.05, 0.1) is 7.11 Å². The Balaban J connectivity index is 2.15. The van der Waals surface area contributed by atoms with Gasteiger partial charge in [-0.2, -0.15) is 0 Å². The molecule has 0 aliphatic heterocycles. The van der Waals surface area contributed by atoms with Gasteiger partial charge in [0.15, 0.2) is 0 Å². The molecule has 1 nitrogen and oxygen atoms in total. The Morgan fingerprint density at radius 3 is 2.53 bits per heavy atom. The maximum atomic E-state index is 5.32. The second-order valence-corrected chi connectivity index (χ2v) is 5.63. The molecule has 0 aromatic heterocycles. The topological polar surface area (TPSA) is 9.23 Å². The molecular weight excluding hydrogens is 300 g/mol. The van der Waals surface area contributed by atoms with Crippen molar-refractivity contribution in [3.05, 3.63) is 69.7 Å². The summed E-state index contributed by atoms with van der Waals surface area (Å²) >= 11 is 3.75. The predicted molar refractivity (Wildman–Crippen MR) is 82.7 cm³/mol. The van der Waals surface area contributed by atoms with Crippen molar-refractivity contribution in [2.45, 2.75) is 12.8 Å². The average Bonchev–Trinajstić information content (AvgIpc) is 2.47. The van der Waals surface area contributed by atoms with Gasteiger partial charge in [0.25, 0.3) is 0 Å². The Hall–Kier alpha value is -1.54. The summed E-state index contributed by atoms with van der Waals surface area (Å²) in [5.74, 6) is 0.934. The van der Waals surface area contributed by atoms with E-state index in [1.165, 1.54) is 26.7 Å². The van der Waals surface area contributed by atoms with Gasteiger partial charge in [-0.3, -0.25) is 0 Å². The van der Waals surface area contributed by atoms with E-state index in [2.05, 4.69) is 58.4 Å². The molecule has 1 aliphatic carbocycles. The van der Waals surface area contributed by atoms with Crippen LogP contribution in [0.25, 0.3) is 5.57 Å². The van der Waals surface area contributed by atoms with Gasteiger partial charge in [0.2, 0.25) is 0 Å². The fourth-order valence-corrected chi connectivity index (χ4v) is 3.22. The number of rotatable bonds is 2. The number of ether oxygens (including phenoxy) is 1. The molecule has 0 atom stereocenters. The van der Waals surface area contributed by atoms with Crippen LogP contribution in [0.5, 0.6) is 5.75 Å². The summed E-state index contributed by atoms with van der Waals surface area (Å²) in [6.45, 7) is 0. The quantitative estimate of drug-likeness (QED) is 0.774. The summed E-state index contributed by atoms with van der Waals surface area (Å²) < 4.78 is 6.61. The molecule has 0 radical (unpaired) electrons. The zero-order valence-electron chi connectivity index (χ0n) is 10.8. The molecule has 0 N–H and O–H groups in total. The number of benzene rings is 2. The number of hydrogen-bond acceptors (Lipinski definition) is 1. The highest BCUT2D eigenvalue weighted by Crippen LogP contribution is 2.39. The van der Waals surface area contributed by atoms with Crippen LogP contribution in [0.15, 0.2) is 53.0 Å². The van der Waals surface area contributed by atoms with Gasteiger partial charge in [-0.15, -0.1) is 0 Å². The molecule has 0 amide bonds. The van der Waals surface area contributed by atoms with E-state index in [1.54, 1.807) is 7.11 Å². The van der Waals surface area contributed by atoms with Crippen molar-refractivity contribution in [3.63, 3.8) is 0 Å². The van der Waals surface area contributed by atoms with Crippen LogP contribution in [0.1, 0.15) is 23.1 Å². The van der Waals surface area contributed by atoms with E-state index in [1.807, 2.05) is 6.07 Å². The Bertz CT molecular complexity index is 629. The number of halogens is 1. The molecule has 2 aromatic carbocycles. The Morgan fingerprint density at radius 2 is 1.79 bits per heavy atom. The molecule has 19 heavy (non-hydrogen) atoms. The standard InChI is InChI=1S/C17H15BrO/c1-19-14-8-9-15-13(11-14)7-10-16(18)17(15)12-5-3-2-4-6-12/h2-6,8-9,11H,7,10H2,1H3. The van der Waals surface area contributed by atoms with Crippen molar-refractivity contribution in [3.8, 4) is 5.75 Å². The molecule has 96 valence electrons. The van der Waals surface area contributed by atoms with E-state index >= 15 is 0 Å². The van der Waals surface area contributed by atoms with E-state index in [0.29, 0.717) is 0 Å². The number of fused-ring (bicyclic) bond motifs is 1. The number of methoxy groups -OCH3 is 1. The maximum Gasteiger partial charge on any atom is 0.119 e. The van der Waals surface area contributed by atoms with Gasteiger partial charge in [0.1, 0.15) is 5.75 Å². The lowest BCUT2D eigenvalue weighted by molar-refractivity contribution is 0.414. The highest BCUT2D eigenvalue weighted by atomic mass is 79.9. The van der Waals surface area contributed by atoms with Crippen LogP contribution in [0.4, 0.5) is 0 Å². The van der Waals surface area contributed by atoms with Crippen molar-refractivity contribution >= 4 is 21.5 Å². The van der Waals surface area contributed by atoms with Crippen LogP contribution in [-0.4, -0.2) is 7.11 Å². The van der Waals surface area contributed by atoms with Crippen molar-refractivity contribution in [1.29, 1.82) is 0 Å². The normalized spacial score (nSPS) is 14.2. The van der Waals surface area contributed by atoms with E-state index in [4.69, 9.17) is 4.74 Å². The van der Waals surface area contributed by atoms with E-state index in [-0.39, 0.29) is 0 Å². The third-order valence-corrected chi connectivity index (χ3v) is 4.32. The lowest BCUT2D eigenvalue weighted by Gasteiger charge is -2.21. The van der Waals surface area contributed by atoms with Crippen LogP contribution in [0.2, 0.25) is 0 Å². The second-order valence-electron chi connectivity index (χ2n) is 4.67. The molecule has 1 aliphatic rings. The Kier molecular flexibility index (Phi) is 3.43. The van der Waals surface area contributed by atoms with Crippen LogP contribution < -0.4 is 4.74 Å². The first-order chi connectivity index (χ1) is 9.29. The van der Waals surface area contributed by atoms with Gasteiger partial charge < -0.3 is 4.74 Å². The molecule has 0 saturated heterocycles. The van der Waals surface area contributed by atoms with E-state index < -0.39 is 0 Å². The fourth-order valence-electron chi connectivity index (χ4n) is 2.58. The van der Waals surface area contributed by atoms with E-state index in [9.17, 15) is 0 Å². The summed E-state index contributed by atoms with van der Waals surface area (Å²) in [6.07, 6.45) is 2.11. The summed E-state index contributed by atoms with van der Waals surface area (Å²) in [5, 5.41) is 0. The highest BCUT2D eigenvalue weighted by molar-refractivity contribution is 9.11. The lowest BCUT2D eigenvalue weighted by atomic mass is 9.87. The zero-order chi connectivity index (χ0) is 13.2. The van der Waals surface area contributed by atoms with Crippen molar-refractivity contribution < 1.29 is 4.74 Å². The molecule has 0 bridgehead atoms. The van der Waals surface area contributed by atoms with Gasteiger partial charge in [-0.05, 0) is 47.2 Å². The molecule has 0 spiro atoms. The summed E-state index contributed by atoms with van der Waals surface area (Å²) in [7, 11) is 1.72. The second kappa shape index (κ2) is 5.22. The summed E-state index contributed by atoms with van der Waals surface area (Å²) in [4.78, 5) is 0. The maximum absolute atomic E-state index is 5.32. The van der Waals surface area contributed by atoms with Crippen LogP contribution in [0.3, 0.4) is 0 Å². The molecule has 0 heterocycles. The molecule has 3 rings (SSSR count). The Morgan fingerprint density at radius 1 is 1.00 bits per heavy atom. The monoisotopic (exact) mass is 314 g/mol. The van der Waals surface area contributed by atoms with Gasteiger partial charge in [-0.25, -0.2) is 0 Å². The van der Waals surface area contributed by atoms with Gasteiger partial charge in [-0.1, -0.05) is 52.3 Å². The minimum absolute atomic E-state index is 0.934. The smallest absolute Gasteiger partial charge is 0.119 e. The first-order valence-corrected chi connectivity index (χ1v) is 7.20. The largest absolute Gasteiger partial charge is 0.497 e. The summed E-state index contributed by atoms with van der Waals surface area (Å²) in [6, 6.07) is 16.9. The third-order valence-electron chi connectivity index (χ3n) is 3.53. The zero-order valence-corrected chi connectivity index (χ0v) is 12.4. The van der Waals surface area contributed by atoms with Gasteiger partial charge in [0, 0.05) is 4.48 Å². The van der Waals surface area contributed by atoms with Crippen molar-refractivity contribution in [2.24, 2.45) is 0 Å². The highest BCUT2D eigenvalue weighted by Gasteiger charge is 2.19. The minimum Gasteiger partial charge on any atom is -0.497 e. The lowest BCUT2D eigenvalue weighted by Crippen LogP contribution is -2.04. The molecule has 2 aromatic rings. The molecule has 0 unspecified atom stereocenters. The first-order valence-electron chi connectivity index (χ1n) is 6.41. The van der Waals surface area contributed by atoms with Crippen molar-refractivity contribution in [2.75, 3.05) is 7.11 Å². The molecule has 0 saturated carbocycles. The predicted octanol–water partition coefficient (Wildman–Crippen LogP) is 4.80. The van der Waals surface area contributed by atoms with Crippen LogP contribution >= 0.6 is 15.9 Å². The Labute approximate surface area is 122 Å². The van der Waals surface area contributed by atoms with E-state index in [0.717, 1.165) is 18.6 Å². The third kappa shape index (κ3) is 2.33. The SMILES string of the molecule is COc1ccc2c(c1)CCC(Br)=C2c1ccccc1. The number of aryl methyl sites for hydroxylation is 1. The molecular formula is C17H15BrO. The average molecular weight is 315 g/mol. The first kappa shape index (κ1) is 12.5. The molecule has 2 heteroatoms. The van der Waals surface area contributed by atoms with Crippen LogP contribution in [-0.2, 0) is 6.42 Å². The van der Waals surface area contributed by atoms with Crippen LogP contribution in [0, 0.1) is 0 Å². The fraction of sp³-hybridized carbons (Fsp3) is 0.176. The minimum atomic E-state index is 0.934. The van der Waals surface area contributed by atoms with Gasteiger partial charge >= 0.3 is 0 Å². The number of hydrogen-bond donors (Lipinski definition) is 0.